The Morgan fingerprint density at radius 2 is 2.16 bits per heavy atom. The molecule has 2 heterocycles. The Kier molecular flexibility index (Phi) is 3.50. The Bertz CT molecular complexity index is 554. The van der Waals surface area contributed by atoms with Crippen molar-refractivity contribution in [3.63, 3.8) is 0 Å². The van der Waals surface area contributed by atoms with Crippen LogP contribution in [0.5, 0.6) is 0 Å². The predicted molar refractivity (Wildman–Crippen MR) is 76.8 cm³/mol. The summed E-state index contributed by atoms with van der Waals surface area (Å²) in [5.74, 6) is 0.856. The van der Waals surface area contributed by atoms with Crippen LogP contribution in [0.25, 0.3) is 11.0 Å². The highest BCUT2D eigenvalue weighted by molar-refractivity contribution is 5.75. The van der Waals surface area contributed by atoms with Gasteiger partial charge in [0.05, 0.1) is 17.1 Å². The number of imidazole rings is 1. The van der Waals surface area contributed by atoms with E-state index in [1.165, 1.54) is 5.56 Å². The Labute approximate surface area is 113 Å². The van der Waals surface area contributed by atoms with E-state index < -0.39 is 0 Å². The van der Waals surface area contributed by atoms with Crippen molar-refractivity contribution in [2.45, 2.75) is 19.5 Å². The molecule has 4 N–H and O–H groups in total. The van der Waals surface area contributed by atoms with Crippen molar-refractivity contribution in [3.05, 3.63) is 29.6 Å². The lowest BCUT2D eigenvalue weighted by molar-refractivity contribution is 0.233. The SMILES string of the molecule is CC(N)c1nc2ccc(CN3CCNCC3)cc2[nH]1. The third-order valence-electron chi connectivity index (χ3n) is 3.61. The molecule has 5 nitrogen and oxygen atoms in total. The number of hydrogen-bond acceptors (Lipinski definition) is 4. The van der Waals surface area contributed by atoms with Crippen LogP contribution in [0.2, 0.25) is 0 Å². The zero-order valence-electron chi connectivity index (χ0n) is 11.3. The van der Waals surface area contributed by atoms with Crippen molar-refractivity contribution in [1.29, 1.82) is 0 Å². The van der Waals surface area contributed by atoms with E-state index in [1.54, 1.807) is 0 Å². The minimum absolute atomic E-state index is 0.0518. The van der Waals surface area contributed by atoms with Crippen LogP contribution in [-0.4, -0.2) is 41.0 Å². The fourth-order valence-corrected chi connectivity index (χ4v) is 2.52. The molecule has 1 aromatic heterocycles. The van der Waals surface area contributed by atoms with Gasteiger partial charge in [-0.1, -0.05) is 6.07 Å². The van der Waals surface area contributed by atoms with Gasteiger partial charge in [-0.15, -0.1) is 0 Å². The highest BCUT2D eigenvalue weighted by atomic mass is 15.2. The first-order chi connectivity index (χ1) is 9.22. The average molecular weight is 259 g/mol. The van der Waals surface area contributed by atoms with Crippen molar-refractivity contribution in [2.24, 2.45) is 5.73 Å². The number of fused-ring (bicyclic) bond motifs is 1. The molecule has 0 bridgehead atoms. The first kappa shape index (κ1) is 12.6. The van der Waals surface area contributed by atoms with Gasteiger partial charge in [-0.3, -0.25) is 4.90 Å². The molecule has 19 heavy (non-hydrogen) atoms. The van der Waals surface area contributed by atoms with Gasteiger partial charge in [0.15, 0.2) is 0 Å². The van der Waals surface area contributed by atoms with Crippen LogP contribution in [0.1, 0.15) is 24.4 Å². The van der Waals surface area contributed by atoms with Gasteiger partial charge in [0.2, 0.25) is 0 Å². The maximum absolute atomic E-state index is 5.86. The van der Waals surface area contributed by atoms with Crippen molar-refractivity contribution in [3.8, 4) is 0 Å². The van der Waals surface area contributed by atoms with Gasteiger partial charge in [-0.2, -0.15) is 0 Å². The molecule has 5 heteroatoms. The summed E-state index contributed by atoms with van der Waals surface area (Å²) in [6, 6.07) is 6.38. The molecule has 1 saturated heterocycles. The van der Waals surface area contributed by atoms with Crippen LogP contribution in [0, 0.1) is 0 Å². The van der Waals surface area contributed by atoms with Gasteiger partial charge in [0.1, 0.15) is 5.82 Å². The monoisotopic (exact) mass is 259 g/mol. The van der Waals surface area contributed by atoms with E-state index in [0.29, 0.717) is 0 Å². The summed E-state index contributed by atoms with van der Waals surface area (Å²) >= 11 is 0. The van der Waals surface area contributed by atoms with Gasteiger partial charge in [0, 0.05) is 32.7 Å². The molecule has 0 spiro atoms. The first-order valence-corrected chi connectivity index (χ1v) is 6.89. The molecule has 1 aromatic carbocycles. The van der Waals surface area contributed by atoms with E-state index >= 15 is 0 Å². The Morgan fingerprint density at radius 3 is 2.89 bits per heavy atom. The summed E-state index contributed by atoms with van der Waals surface area (Å²) < 4.78 is 0. The highest BCUT2D eigenvalue weighted by Crippen LogP contribution is 2.17. The van der Waals surface area contributed by atoms with Crippen LogP contribution in [0.3, 0.4) is 0 Å². The van der Waals surface area contributed by atoms with E-state index in [0.717, 1.165) is 49.6 Å². The van der Waals surface area contributed by atoms with Gasteiger partial charge in [-0.05, 0) is 24.6 Å². The first-order valence-electron chi connectivity index (χ1n) is 6.89. The lowest BCUT2D eigenvalue weighted by atomic mass is 10.2. The maximum atomic E-state index is 5.86. The highest BCUT2D eigenvalue weighted by Gasteiger charge is 2.11. The Balaban J connectivity index is 1.80. The summed E-state index contributed by atoms with van der Waals surface area (Å²) in [4.78, 5) is 10.3. The predicted octanol–water partition coefficient (Wildman–Crippen LogP) is 0.988. The molecule has 0 amide bonds. The van der Waals surface area contributed by atoms with Gasteiger partial charge in [0.25, 0.3) is 0 Å². The molecule has 1 fully saturated rings. The molecule has 1 atom stereocenters. The fraction of sp³-hybridized carbons (Fsp3) is 0.500. The third-order valence-corrected chi connectivity index (χ3v) is 3.61. The number of benzene rings is 1. The number of aromatic nitrogens is 2. The minimum atomic E-state index is -0.0518. The van der Waals surface area contributed by atoms with Crippen molar-refractivity contribution < 1.29 is 0 Å². The zero-order chi connectivity index (χ0) is 13.2. The van der Waals surface area contributed by atoms with E-state index in [9.17, 15) is 0 Å². The number of nitrogens with two attached hydrogens (primary N) is 1. The summed E-state index contributed by atoms with van der Waals surface area (Å²) in [6.45, 7) is 7.35. The van der Waals surface area contributed by atoms with E-state index in [2.05, 4.69) is 38.4 Å². The van der Waals surface area contributed by atoms with Gasteiger partial charge in [-0.25, -0.2) is 4.98 Å². The molecule has 1 aliphatic heterocycles. The number of hydrogen-bond donors (Lipinski definition) is 3. The smallest absolute Gasteiger partial charge is 0.123 e. The van der Waals surface area contributed by atoms with Crippen molar-refractivity contribution in [1.82, 2.24) is 20.2 Å². The summed E-state index contributed by atoms with van der Waals surface area (Å²) in [5.41, 5.74) is 9.26. The number of nitrogens with one attached hydrogen (secondary N) is 2. The summed E-state index contributed by atoms with van der Waals surface area (Å²) in [6.07, 6.45) is 0. The topological polar surface area (TPSA) is 70.0 Å². The van der Waals surface area contributed by atoms with Crippen LogP contribution >= 0.6 is 0 Å². The second-order valence-electron chi connectivity index (χ2n) is 5.29. The normalized spacial score (nSPS) is 18.8. The second kappa shape index (κ2) is 5.28. The fourth-order valence-electron chi connectivity index (χ4n) is 2.52. The largest absolute Gasteiger partial charge is 0.341 e. The molecule has 1 aliphatic rings. The molecular formula is C14H21N5. The molecule has 0 aliphatic carbocycles. The maximum Gasteiger partial charge on any atom is 0.123 e. The van der Waals surface area contributed by atoms with Crippen molar-refractivity contribution in [2.75, 3.05) is 26.2 Å². The van der Waals surface area contributed by atoms with E-state index in [4.69, 9.17) is 5.73 Å². The van der Waals surface area contributed by atoms with Crippen molar-refractivity contribution >= 4 is 11.0 Å². The number of piperazine rings is 1. The summed E-state index contributed by atoms with van der Waals surface area (Å²) in [5, 5.41) is 3.37. The van der Waals surface area contributed by atoms with Gasteiger partial charge < -0.3 is 16.0 Å². The lowest BCUT2D eigenvalue weighted by Crippen LogP contribution is -2.42. The average Bonchev–Trinajstić information content (AvgIpc) is 2.83. The quantitative estimate of drug-likeness (QED) is 0.769. The molecule has 0 radical (unpaired) electrons. The summed E-state index contributed by atoms with van der Waals surface area (Å²) in [7, 11) is 0. The van der Waals surface area contributed by atoms with E-state index in [1.807, 2.05) is 6.92 Å². The van der Waals surface area contributed by atoms with Crippen LogP contribution in [-0.2, 0) is 6.54 Å². The number of H-pyrrole nitrogens is 1. The van der Waals surface area contributed by atoms with Crippen LogP contribution in [0.4, 0.5) is 0 Å². The minimum Gasteiger partial charge on any atom is -0.341 e. The van der Waals surface area contributed by atoms with Crippen LogP contribution < -0.4 is 11.1 Å². The number of nitrogens with zero attached hydrogens (tertiary/aromatic N) is 2. The standard InChI is InChI=1S/C14H21N5/c1-10(15)14-17-12-3-2-11(8-13(12)18-14)9-19-6-4-16-5-7-19/h2-3,8,10,16H,4-7,9,15H2,1H3,(H,17,18). The molecule has 3 rings (SSSR count). The van der Waals surface area contributed by atoms with Crippen LogP contribution in [0.15, 0.2) is 18.2 Å². The number of rotatable bonds is 3. The molecular weight excluding hydrogens is 238 g/mol. The lowest BCUT2D eigenvalue weighted by Gasteiger charge is -2.27. The van der Waals surface area contributed by atoms with E-state index in [-0.39, 0.29) is 6.04 Å². The Hall–Kier alpha value is -1.43. The number of aromatic amines is 1. The Morgan fingerprint density at radius 1 is 1.37 bits per heavy atom. The van der Waals surface area contributed by atoms with Gasteiger partial charge >= 0.3 is 0 Å². The molecule has 2 aromatic rings. The molecule has 102 valence electrons. The zero-order valence-corrected chi connectivity index (χ0v) is 11.3. The second-order valence-corrected chi connectivity index (χ2v) is 5.29. The molecule has 1 unspecified atom stereocenters. The molecule has 0 saturated carbocycles. The third kappa shape index (κ3) is 2.78.